The van der Waals surface area contributed by atoms with Gasteiger partial charge in [-0.3, -0.25) is 9.59 Å². The van der Waals surface area contributed by atoms with Crippen molar-refractivity contribution in [3.05, 3.63) is 106 Å². The molecule has 0 saturated carbocycles. The molecule has 0 aliphatic heterocycles. The van der Waals surface area contributed by atoms with Gasteiger partial charge in [-0.15, -0.1) is 0 Å². The van der Waals surface area contributed by atoms with Crippen LogP contribution in [0.1, 0.15) is 16.7 Å². The van der Waals surface area contributed by atoms with Crippen LogP contribution in [0, 0.1) is 26.6 Å². The van der Waals surface area contributed by atoms with Gasteiger partial charge >= 0.3 is 0 Å². The number of pyridine rings is 1. The number of para-hydroxylation sites is 1. The molecule has 1 heterocycles. The first-order valence-electron chi connectivity index (χ1n) is 10.4. The lowest BCUT2D eigenvalue weighted by molar-refractivity contribution is -0.111. The van der Waals surface area contributed by atoms with Gasteiger partial charge in [0.2, 0.25) is 5.91 Å². The Balaban J connectivity index is 1.96. The first kappa shape index (κ1) is 22.0. The Morgan fingerprint density at radius 1 is 1.03 bits per heavy atom. The van der Waals surface area contributed by atoms with Crippen molar-refractivity contribution in [3.63, 3.8) is 0 Å². The van der Waals surface area contributed by atoms with E-state index in [2.05, 4.69) is 11.9 Å². The maximum absolute atomic E-state index is 13.8. The van der Waals surface area contributed by atoms with Gasteiger partial charge in [0.05, 0.1) is 11.2 Å². The zero-order chi connectivity index (χ0) is 23.7. The number of rotatable bonds is 5. The first-order chi connectivity index (χ1) is 15.8. The summed E-state index contributed by atoms with van der Waals surface area (Å²) in [5.74, 6) is 0.350. The topological polar surface area (TPSA) is 60.3 Å². The number of halogens is 1. The van der Waals surface area contributed by atoms with Crippen molar-refractivity contribution in [3.8, 4) is 17.2 Å². The Hall–Kier alpha value is -4.19. The Morgan fingerprint density at radius 3 is 2.42 bits per heavy atom. The number of hydrogen-bond donors (Lipinski definition) is 1. The highest BCUT2D eigenvalue weighted by Crippen LogP contribution is 2.35. The molecule has 33 heavy (non-hydrogen) atoms. The third-order valence-corrected chi connectivity index (χ3v) is 5.40. The second-order valence-electron chi connectivity index (χ2n) is 7.88. The molecular weight excluding hydrogens is 419 g/mol. The molecule has 0 fully saturated rings. The van der Waals surface area contributed by atoms with E-state index in [0.717, 1.165) is 0 Å². The minimum atomic E-state index is -0.346. The second kappa shape index (κ2) is 8.74. The quantitative estimate of drug-likeness (QED) is 0.387. The summed E-state index contributed by atoms with van der Waals surface area (Å²) in [7, 11) is 0. The highest BCUT2D eigenvalue weighted by molar-refractivity contribution is 5.99. The summed E-state index contributed by atoms with van der Waals surface area (Å²) in [6, 6.07) is 15.3. The van der Waals surface area contributed by atoms with E-state index in [1.54, 1.807) is 51.2 Å². The summed E-state index contributed by atoms with van der Waals surface area (Å²) >= 11 is 0. The van der Waals surface area contributed by atoms with Crippen molar-refractivity contribution in [2.75, 3.05) is 5.32 Å². The van der Waals surface area contributed by atoms with Gasteiger partial charge in [0, 0.05) is 22.8 Å². The van der Waals surface area contributed by atoms with Crippen molar-refractivity contribution in [1.29, 1.82) is 0 Å². The molecule has 1 amide bonds. The number of benzene rings is 3. The number of carbonyl (C=O) groups is 1. The van der Waals surface area contributed by atoms with Crippen molar-refractivity contribution in [2.24, 2.45) is 0 Å². The second-order valence-corrected chi connectivity index (χ2v) is 7.88. The van der Waals surface area contributed by atoms with E-state index in [1.165, 1.54) is 18.2 Å². The minimum absolute atomic E-state index is 0.0503. The van der Waals surface area contributed by atoms with Crippen LogP contribution in [0.3, 0.4) is 0 Å². The van der Waals surface area contributed by atoms with E-state index in [-0.39, 0.29) is 17.2 Å². The molecule has 4 aromatic rings. The van der Waals surface area contributed by atoms with Gasteiger partial charge in [0.25, 0.3) is 0 Å². The molecule has 1 aromatic heterocycles. The molecule has 5 nitrogen and oxygen atoms in total. The van der Waals surface area contributed by atoms with E-state index < -0.39 is 0 Å². The van der Waals surface area contributed by atoms with Crippen LogP contribution in [0.15, 0.2) is 78.2 Å². The Morgan fingerprint density at radius 2 is 1.73 bits per heavy atom. The summed E-state index contributed by atoms with van der Waals surface area (Å²) in [6.07, 6.45) is 2.94. The molecule has 1 N–H and O–H groups in total. The van der Waals surface area contributed by atoms with E-state index in [9.17, 15) is 14.0 Å². The number of hydrogen-bond acceptors (Lipinski definition) is 3. The summed E-state index contributed by atoms with van der Waals surface area (Å²) in [4.78, 5) is 24.6. The van der Waals surface area contributed by atoms with Crippen LogP contribution in [0.5, 0.6) is 11.5 Å². The molecule has 0 unspecified atom stereocenters. The zero-order valence-electron chi connectivity index (χ0n) is 18.6. The lowest BCUT2D eigenvalue weighted by atomic mass is 10.1. The maximum Gasteiger partial charge on any atom is 0.247 e. The molecule has 0 radical (unpaired) electrons. The molecule has 0 aliphatic rings. The third-order valence-electron chi connectivity index (χ3n) is 5.40. The third kappa shape index (κ3) is 4.28. The fraction of sp³-hybridized carbons (Fsp3) is 0.111. The normalized spacial score (nSPS) is 10.8. The highest BCUT2D eigenvalue weighted by atomic mass is 19.1. The minimum Gasteiger partial charge on any atom is -0.455 e. The van der Waals surface area contributed by atoms with E-state index in [0.29, 0.717) is 50.5 Å². The van der Waals surface area contributed by atoms with Crippen molar-refractivity contribution < 1.29 is 13.9 Å². The van der Waals surface area contributed by atoms with E-state index in [4.69, 9.17) is 4.74 Å². The summed E-state index contributed by atoms with van der Waals surface area (Å²) in [5, 5.41) is 3.33. The molecule has 6 heteroatoms. The molecule has 0 atom stereocenters. The fourth-order valence-corrected chi connectivity index (χ4v) is 3.84. The van der Waals surface area contributed by atoms with Crippen molar-refractivity contribution in [1.82, 2.24) is 4.57 Å². The Kier molecular flexibility index (Phi) is 5.84. The van der Waals surface area contributed by atoms with Crippen LogP contribution in [0.25, 0.3) is 16.6 Å². The fourth-order valence-electron chi connectivity index (χ4n) is 3.84. The number of aryl methyl sites for hydroxylation is 3. The van der Waals surface area contributed by atoms with Crippen molar-refractivity contribution in [2.45, 2.75) is 20.8 Å². The first-order valence-corrected chi connectivity index (χ1v) is 10.4. The predicted octanol–water partition coefficient (Wildman–Crippen LogP) is 5.97. The van der Waals surface area contributed by atoms with Gasteiger partial charge in [-0.25, -0.2) is 4.39 Å². The van der Waals surface area contributed by atoms with Gasteiger partial charge in [-0.1, -0.05) is 18.7 Å². The van der Waals surface area contributed by atoms with E-state index in [1.807, 2.05) is 22.8 Å². The Labute approximate surface area is 190 Å². The number of nitrogens with zero attached hydrogens (tertiary/aromatic N) is 1. The van der Waals surface area contributed by atoms with Gasteiger partial charge in [0.1, 0.15) is 11.6 Å². The van der Waals surface area contributed by atoms with Gasteiger partial charge in [0.15, 0.2) is 11.2 Å². The lowest BCUT2D eigenvalue weighted by Crippen LogP contribution is -2.13. The van der Waals surface area contributed by atoms with E-state index >= 15 is 0 Å². The number of aromatic nitrogens is 1. The smallest absolute Gasteiger partial charge is 0.247 e. The van der Waals surface area contributed by atoms with Gasteiger partial charge < -0.3 is 14.6 Å². The van der Waals surface area contributed by atoms with Crippen LogP contribution in [0.4, 0.5) is 10.1 Å². The summed E-state index contributed by atoms with van der Waals surface area (Å²) in [5.41, 5.74) is 3.67. The summed E-state index contributed by atoms with van der Waals surface area (Å²) < 4.78 is 22.0. The summed E-state index contributed by atoms with van der Waals surface area (Å²) in [6.45, 7) is 8.81. The molecule has 0 aliphatic carbocycles. The molecule has 0 saturated heterocycles. The monoisotopic (exact) mass is 442 g/mol. The van der Waals surface area contributed by atoms with Gasteiger partial charge in [-0.05, 0) is 80.4 Å². The number of amides is 1. The Bertz CT molecular complexity index is 1450. The number of ether oxygens (including phenoxy) is 1. The predicted molar refractivity (Wildman–Crippen MR) is 129 cm³/mol. The molecule has 0 spiro atoms. The average Bonchev–Trinajstić information content (AvgIpc) is 2.79. The van der Waals surface area contributed by atoms with Crippen LogP contribution in [-0.4, -0.2) is 10.5 Å². The lowest BCUT2D eigenvalue weighted by Gasteiger charge is -2.19. The molecule has 166 valence electrons. The largest absolute Gasteiger partial charge is 0.455 e. The van der Waals surface area contributed by atoms with Crippen LogP contribution < -0.4 is 15.5 Å². The number of carbonyl (C=O) groups excluding carboxylic acids is 1. The van der Waals surface area contributed by atoms with Crippen LogP contribution in [-0.2, 0) is 4.79 Å². The molecule has 3 aromatic carbocycles. The number of fused-ring (bicyclic) bond motifs is 1. The molecule has 4 rings (SSSR count). The molecule has 0 bridgehead atoms. The van der Waals surface area contributed by atoms with Gasteiger partial charge in [-0.2, -0.15) is 0 Å². The number of anilines is 1. The SMILES string of the molecule is C=CC(=O)Nc1ccc(Oc2c(C)cc(F)cc2C)c(-n2cc(C)c(=O)c3ccccc32)c1. The number of nitrogens with one attached hydrogen (secondary N) is 1. The molecular formula is C27H23FN2O3. The standard InChI is InChI=1S/C27H23FN2O3/c1-5-25(31)29-20-10-11-24(33-27-16(2)12-19(28)13-17(27)3)23(14-20)30-15-18(4)26(32)21-8-6-7-9-22(21)30/h5-15H,1H2,2-4H3,(H,29,31). The van der Waals surface area contributed by atoms with Crippen molar-refractivity contribution >= 4 is 22.5 Å². The zero-order valence-corrected chi connectivity index (χ0v) is 18.6. The van der Waals surface area contributed by atoms with Crippen LogP contribution >= 0.6 is 0 Å². The van der Waals surface area contributed by atoms with Crippen LogP contribution in [0.2, 0.25) is 0 Å². The highest BCUT2D eigenvalue weighted by Gasteiger charge is 2.16. The maximum atomic E-state index is 13.8. The average molecular weight is 442 g/mol.